The second-order valence-electron chi connectivity index (χ2n) is 4.96. The Hall–Kier alpha value is -1.73. The fourth-order valence-corrected chi connectivity index (χ4v) is 3.21. The van der Waals surface area contributed by atoms with Gasteiger partial charge in [0, 0.05) is 8.95 Å². The number of carbonyl (C=O) groups excluding carboxylic acids is 1. The highest BCUT2D eigenvalue weighted by Crippen LogP contribution is 2.38. The molecule has 0 spiro atoms. The van der Waals surface area contributed by atoms with E-state index in [0.29, 0.717) is 22.9 Å². The highest BCUT2D eigenvalue weighted by Gasteiger charge is 2.15. The van der Waals surface area contributed by atoms with Crippen LogP contribution in [-0.2, 0) is 4.79 Å². The largest absolute Gasteiger partial charge is 0.493 e. The minimum absolute atomic E-state index is 0.168. The lowest BCUT2D eigenvalue weighted by Gasteiger charge is -2.15. The Morgan fingerprint density at radius 3 is 2.25 bits per heavy atom. The number of carbonyl (C=O) groups is 1. The van der Waals surface area contributed by atoms with Gasteiger partial charge in [-0.1, -0.05) is 15.9 Å². The van der Waals surface area contributed by atoms with E-state index in [4.69, 9.17) is 14.2 Å². The highest BCUT2D eigenvalue weighted by molar-refractivity contribution is 9.11. The molecule has 0 fully saturated rings. The Morgan fingerprint density at radius 2 is 1.71 bits per heavy atom. The molecule has 2 aromatic rings. The van der Waals surface area contributed by atoms with E-state index in [1.54, 1.807) is 20.3 Å². The average Bonchev–Trinajstić information content (AvgIpc) is 2.55. The Balaban J connectivity index is 2.09. The fraction of sp³-hybridized carbons (Fsp3) is 0.235. The SMILES string of the molecule is COc1cc(C)cc(OC)c1OCC(=O)Nc1ccc(Br)cc1Br. The molecular formula is C17H17Br2NO4. The number of amides is 1. The zero-order chi connectivity index (χ0) is 17.7. The number of hydrogen-bond donors (Lipinski definition) is 1. The monoisotopic (exact) mass is 457 g/mol. The first-order valence-corrected chi connectivity index (χ1v) is 8.63. The van der Waals surface area contributed by atoms with Gasteiger partial charge in [0.15, 0.2) is 18.1 Å². The molecule has 0 heterocycles. The number of rotatable bonds is 6. The third kappa shape index (κ3) is 4.64. The van der Waals surface area contributed by atoms with Crippen LogP contribution < -0.4 is 19.5 Å². The smallest absolute Gasteiger partial charge is 0.262 e. The van der Waals surface area contributed by atoms with Gasteiger partial charge in [0.25, 0.3) is 5.91 Å². The second-order valence-corrected chi connectivity index (χ2v) is 6.73. The molecule has 0 saturated carbocycles. The summed E-state index contributed by atoms with van der Waals surface area (Å²) in [7, 11) is 3.08. The molecule has 128 valence electrons. The molecular weight excluding hydrogens is 442 g/mol. The summed E-state index contributed by atoms with van der Waals surface area (Å²) in [5.74, 6) is 1.15. The molecule has 0 radical (unpaired) electrons. The van der Waals surface area contributed by atoms with Gasteiger partial charge in [-0.25, -0.2) is 0 Å². The van der Waals surface area contributed by atoms with E-state index in [1.165, 1.54) is 0 Å². The zero-order valence-electron chi connectivity index (χ0n) is 13.5. The van der Waals surface area contributed by atoms with Gasteiger partial charge in [-0.15, -0.1) is 0 Å². The number of halogens is 2. The predicted molar refractivity (Wildman–Crippen MR) is 100 cm³/mol. The van der Waals surface area contributed by atoms with Crippen LogP contribution in [0.15, 0.2) is 39.3 Å². The van der Waals surface area contributed by atoms with E-state index in [-0.39, 0.29) is 12.5 Å². The van der Waals surface area contributed by atoms with Crippen LogP contribution in [0.4, 0.5) is 5.69 Å². The van der Waals surface area contributed by atoms with Crippen LogP contribution in [0.5, 0.6) is 17.2 Å². The average molecular weight is 459 g/mol. The highest BCUT2D eigenvalue weighted by atomic mass is 79.9. The molecule has 0 bridgehead atoms. The summed E-state index contributed by atoms with van der Waals surface area (Å²) in [6.45, 7) is 1.75. The van der Waals surface area contributed by atoms with Gasteiger partial charge in [-0.3, -0.25) is 4.79 Å². The van der Waals surface area contributed by atoms with Crippen LogP contribution in [-0.4, -0.2) is 26.7 Å². The zero-order valence-corrected chi connectivity index (χ0v) is 16.7. The minimum atomic E-state index is -0.289. The molecule has 0 aliphatic carbocycles. The molecule has 5 nitrogen and oxygen atoms in total. The van der Waals surface area contributed by atoms with Crippen LogP contribution in [0.1, 0.15) is 5.56 Å². The molecule has 1 amide bonds. The molecule has 7 heteroatoms. The van der Waals surface area contributed by atoms with Crippen molar-refractivity contribution in [2.45, 2.75) is 6.92 Å². The lowest BCUT2D eigenvalue weighted by molar-refractivity contribution is -0.118. The van der Waals surface area contributed by atoms with Gasteiger partial charge in [0.1, 0.15) is 0 Å². The first-order chi connectivity index (χ1) is 11.4. The number of benzene rings is 2. The van der Waals surface area contributed by atoms with Crippen LogP contribution >= 0.6 is 31.9 Å². The van der Waals surface area contributed by atoms with Crippen molar-refractivity contribution in [3.63, 3.8) is 0 Å². The number of methoxy groups -OCH3 is 2. The summed E-state index contributed by atoms with van der Waals surface area (Å²) in [5.41, 5.74) is 1.63. The van der Waals surface area contributed by atoms with Crippen molar-refractivity contribution in [1.29, 1.82) is 0 Å². The van der Waals surface area contributed by atoms with E-state index in [2.05, 4.69) is 37.2 Å². The Labute approximate surface area is 157 Å². The van der Waals surface area contributed by atoms with Crippen molar-refractivity contribution < 1.29 is 19.0 Å². The van der Waals surface area contributed by atoms with Gasteiger partial charge in [0.2, 0.25) is 5.75 Å². The van der Waals surface area contributed by atoms with Crippen molar-refractivity contribution in [2.75, 3.05) is 26.1 Å². The van der Waals surface area contributed by atoms with Crippen LogP contribution in [0.25, 0.3) is 0 Å². The van der Waals surface area contributed by atoms with Crippen molar-refractivity contribution in [3.05, 3.63) is 44.8 Å². The lowest BCUT2D eigenvalue weighted by Crippen LogP contribution is -2.20. The van der Waals surface area contributed by atoms with Gasteiger partial charge in [-0.05, 0) is 58.7 Å². The molecule has 0 aromatic heterocycles. The van der Waals surface area contributed by atoms with E-state index < -0.39 is 0 Å². The van der Waals surface area contributed by atoms with Crippen LogP contribution in [0.2, 0.25) is 0 Å². The number of anilines is 1. The molecule has 0 aliphatic rings. The second kappa shape index (κ2) is 8.39. The van der Waals surface area contributed by atoms with E-state index in [1.807, 2.05) is 31.2 Å². The van der Waals surface area contributed by atoms with E-state index in [0.717, 1.165) is 14.5 Å². The maximum Gasteiger partial charge on any atom is 0.262 e. The fourth-order valence-electron chi connectivity index (χ4n) is 2.07. The Bertz CT molecular complexity index is 724. The number of hydrogen-bond acceptors (Lipinski definition) is 4. The van der Waals surface area contributed by atoms with Gasteiger partial charge in [0.05, 0.1) is 19.9 Å². The predicted octanol–water partition coefficient (Wildman–Crippen LogP) is 4.55. The van der Waals surface area contributed by atoms with Crippen LogP contribution in [0, 0.1) is 6.92 Å². The van der Waals surface area contributed by atoms with Crippen molar-refractivity contribution >= 4 is 43.5 Å². The standard InChI is InChI=1S/C17H17Br2NO4/c1-10-6-14(22-2)17(15(7-10)23-3)24-9-16(21)20-13-5-4-11(18)8-12(13)19/h4-8H,9H2,1-3H3,(H,20,21). The molecule has 2 aromatic carbocycles. The molecule has 0 unspecified atom stereocenters. The van der Waals surface area contributed by atoms with Crippen molar-refractivity contribution in [3.8, 4) is 17.2 Å². The maximum atomic E-state index is 12.1. The summed E-state index contributed by atoms with van der Waals surface area (Å²) in [5, 5.41) is 2.78. The summed E-state index contributed by atoms with van der Waals surface area (Å²) in [4.78, 5) is 12.1. The summed E-state index contributed by atoms with van der Waals surface area (Å²) < 4.78 is 17.9. The third-order valence-electron chi connectivity index (χ3n) is 3.16. The summed E-state index contributed by atoms with van der Waals surface area (Å²) >= 11 is 6.77. The number of nitrogens with one attached hydrogen (secondary N) is 1. The normalized spacial score (nSPS) is 10.2. The number of ether oxygens (including phenoxy) is 3. The van der Waals surface area contributed by atoms with E-state index >= 15 is 0 Å². The minimum Gasteiger partial charge on any atom is -0.493 e. The topological polar surface area (TPSA) is 56.8 Å². The molecule has 0 saturated heterocycles. The molecule has 1 N–H and O–H groups in total. The van der Waals surface area contributed by atoms with Gasteiger partial charge < -0.3 is 19.5 Å². The van der Waals surface area contributed by atoms with Gasteiger partial charge in [-0.2, -0.15) is 0 Å². The van der Waals surface area contributed by atoms with Gasteiger partial charge >= 0.3 is 0 Å². The molecule has 24 heavy (non-hydrogen) atoms. The lowest BCUT2D eigenvalue weighted by atomic mass is 10.2. The summed E-state index contributed by atoms with van der Waals surface area (Å²) in [6.07, 6.45) is 0. The molecule has 0 atom stereocenters. The first kappa shape index (κ1) is 18.6. The quantitative estimate of drug-likeness (QED) is 0.689. The Morgan fingerprint density at radius 1 is 1.08 bits per heavy atom. The molecule has 0 aliphatic heterocycles. The van der Waals surface area contributed by atoms with Crippen molar-refractivity contribution in [2.24, 2.45) is 0 Å². The summed E-state index contributed by atoms with van der Waals surface area (Å²) in [6, 6.07) is 9.12. The number of aryl methyl sites for hydroxylation is 1. The maximum absolute atomic E-state index is 12.1. The van der Waals surface area contributed by atoms with Crippen molar-refractivity contribution in [1.82, 2.24) is 0 Å². The Kier molecular flexibility index (Phi) is 6.51. The molecule has 2 rings (SSSR count). The van der Waals surface area contributed by atoms with E-state index in [9.17, 15) is 4.79 Å². The first-order valence-electron chi connectivity index (χ1n) is 7.05. The van der Waals surface area contributed by atoms with Crippen LogP contribution in [0.3, 0.4) is 0 Å². The third-order valence-corrected chi connectivity index (χ3v) is 4.31.